The number of nitrogens with one attached hydrogen (secondary N) is 2. The van der Waals surface area contributed by atoms with Gasteiger partial charge in [0.25, 0.3) is 0 Å². The highest BCUT2D eigenvalue weighted by Crippen LogP contribution is 2.31. The third-order valence-electron chi connectivity index (χ3n) is 5.38. The Balaban J connectivity index is 1.81. The van der Waals surface area contributed by atoms with Gasteiger partial charge in [-0.25, -0.2) is 8.42 Å². The number of hydrogen-bond donors (Lipinski definition) is 2. The first-order valence-electron chi connectivity index (χ1n) is 10.6. The molecule has 0 aromatic heterocycles. The lowest BCUT2D eigenvalue weighted by Crippen LogP contribution is -2.44. The number of sulfonamides is 1. The Hall–Kier alpha value is -2.62. The number of methoxy groups -OCH3 is 1. The minimum atomic E-state index is -3.98. The van der Waals surface area contributed by atoms with Crippen LogP contribution in [0.1, 0.15) is 32.8 Å². The van der Waals surface area contributed by atoms with Crippen LogP contribution in [-0.4, -0.2) is 39.9 Å². The molecule has 1 aliphatic heterocycles. The average molecular weight is 494 g/mol. The molecular weight excluding hydrogens is 466 g/mol. The lowest BCUT2D eigenvalue weighted by molar-refractivity contribution is -0.118. The zero-order valence-corrected chi connectivity index (χ0v) is 20.6. The van der Waals surface area contributed by atoms with E-state index in [1.807, 2.05) is 13.8 Å². The third-order valence-corrected chi connectivity index (χ3v) is 7.14. The van der Waals surface area contributed by atoms with Crippen LogP contribution in [0.2, 0.25) is 5.02 Å². The quantitative estimate of drug-likeness (QED) is 0.584. The maximum absolute atomic E-state index is 13.1. The SMILES string of the molecule is COc1ccc(NC(=O)[C@@H](CC(C)C)NS(=O)(=O)c2ccc3c(c2)CCN3C(C)=O)cc1Cl. The number of amides is 2. The van der Waals surface area contributed by atoms with E-state index in [-0.39, 0.29) is 16.7 Å². The lowest BCUT2D eigenvalue weighted by atomic mass is 10.0. The normalized spacial score (nSPS) is 14.2. The highest BCUT2D eigenvalue weighted by atomic mass is 35.5. The maximum Gasteiger partial charge on any atom is 0.242 e. The molecule has 33 heavy (non-hydrogen) atoms. The van der Waals surface area contributed by atoms with E-state index in [4.69, 9.17) is 16.3 Å². The zero-order chi connectivity index (χ0) is 24.3. The summed E-state index contributed by atoms with van der Waals surface area (Å²) in [4.78, 5) is 26.4. The number of ether oxygens (including phenoxy) is 1. The van der Waals surface area contributed by atoms with Crippen molar-refractivity contribution >= 4 is 44.8 Å². The second kappa shape index (κ2) is 10.1. The van der Waals surface area contributed by atoms with Crippen molar-refractivity contribution in [3.63, 3.8) is 0 Å². The molecule has 0 radical (unpaired) electrons. The minimum absolute atomic E-state index is 0.0562. The molecule has 1 atom stereocenters. The predicted molar refractivity (Wildman–Crippen MR) is 128 cm³/mol. The van der Waals surface area contributed by atoms with Gasteiger partial charge in [0.05, 0.1) is 17.0 Å². The van der Waals surface area contributed by atoms with Gasteiger partial charge in [-0.3, -0.25) is 9.59 Å². The maximum atomic E-state index is 13.1. The number of benzene rings is 2. The number of fused-ring (bicyclic) bond motifs is 1. The molecule has 2 aromatic rings. The fraction of sp³-hybridized carbons (Fsp3) is 0.391. The molecule has 3 rings (SSSR count). The van der Waals surface area contributed by atoms with Crippen molar-refractivity contribution in [2.75, 3.05) is 23.9 Å². The van der Waals surface area contributed by atoms with Crippen molar-refractivity contribution in [2.45, 2.75) is 44.6 Å². The molecule has 0 saturated heterocycles. The number of carbonyl (C=O) groups is 2. The van der Waals surface area contributed by atoms with E-state index < -0.39 is 22.0 Å². The van der Waals surface area contributed by atoms with Gasteiger partial charge in [0.15, 0.2) is 0 Å². The van der Waals surface area contributed by atoms with Crippen LogP contribution in [0.5, 0.6) is 5.75 Å². The summed E-state index contributed by atoms with van der Waals surface area (Å²) in [5.74, 6) is -0.0479. The second-order valence-electron chi connectivity index (χ2n) is 8.35. The lowest BCUT2D eigenvalue weighted by Gasteiger charge is -2.21. The Morgan fingerprint density at radius 3 is 2.52 bits per heavy atom. The van der Waals surface area contributed by atoms with Crippen molar-refractivity contribution in [1.82, 2.24) is 4.72 Å². The van der Waals surface area contributed by atoms with E-state index in [1.165, 1.54) is 20.1 Å². The number of halogens is 1. The molecule has 0 unspecified atom stereocenters. The van der Waals surface area contributed by atoms with Gasteiger partial charge in [-0.2, -0.15) is 4.72 Å². The number of nitrogens with zero attached hydrogens (tertiary/aromatic N) is 1. The summed E-state index contributed by atoms with van der Waals surface area (Å²) in [7, 11) is -2.49. The number of rotatable bonds is 8. The van der Waals surface area contributed by atoms with Crippen LogP contribution in [0.4, 0.5) is 11.4 Å². The standard InChI is InChI=1S/C23H28ClN3O5S/c1-14(2)11-20(23(29)25-17-5-8-22(32-4)19(24)13-17)26-33(30,31)18-6-7-21-16(12-18)9-10-27(21)15(3)28/h5-8,12-14,20,26H,9-11H2,1-4H3,(H,25,29)/t20-/m1/s1. The van der Waals surface area contributed by atoms with Gasteiger partial charge in [0.1, 0.15) is 11.8 Å². The number of hydrogen-bond acceptors (Lipinski definition) is 5. The Morgan fingerprint density at radius 2 is 1.91 bits per heavy atom. The molecular formula is C23H28ClN3O5S. The van der Waals surface area contributed by atoms with Crippen LogP contribution >= 0.6 is 11.6 Å². The fourth-order valence-corrected chi connectivity index (χ4v) is 5.30. The summed E-state index contributed by atoms with van der Waals surface area (Å²) in [6.07, 6.45) is 0.879. The first kappa shape index (κ1) is 25.0. The van der Waals surface area contributed by atoms with Crippen LogP contribution in [0.25, 0.3) is 0 Å². The first-order valence-corrected chi connectivity index (χ1v) is 12.5. The van der Waals surface area contributed by atoms with Crippen LogP contribution in [0.15, 0.2) is 41.3 Å². The van der Waals surface area contributed by atoms with E-state index in [2.05, 4.69) is 10.0 Å². The van der Waals surface area contributed by atoms with E-state index in [9.17, 15) is 18.0 Å². The largest absolute Gasteiger partial charge is 0.495 e. The monoisotopic (exact) mass is 493 g/mol. The molecule has 178 valence electrons. The Morgan fingerprint density at radius 1 is 1.18 bits per heavy atom. The zero-order valence-electron chi connectivity index (χ0n) is 19.0. The van der Waals surface area contributed by atoms with Gasteiger partial charge in [-0.05, 0) is 60.7 Å². The molecule has 0 aliphatic carbocycles. The van der Waals surface area contributed by atoms with Crippen molar-refractivity contribution in [2.24, 2.45) is 5.92 Å². The van der Waals surface area contributed by atoms with Gasteiger partial charge in [-0.15, -0.1) is 0 Å². The second-order valence-corrected chi connectivity index (χ2v) is 10.5. The summed E-state index contributed by atoms with van der Waals surface area (Å²) in [5, 5.41) is 3.05. The summed E-state index contributed by atoms with van der Waals surface area (Å²) in [5.41, 5.74) is 1.93. The molecule has 2 N–H and O–H groups in total. The molecule has 10 heteroatoms. The molecule has 1 heterocycles. The Bertz CT molecular complexity index is 1170. The van der Waals surface area contributed by atoms with Crippen LogP contribution in [-0.2, 0) is 26.0 Å². The smallest absolute Gasteiger partial charge is 0.242 e. The molecule has 8 nitrogen and oxygen atoms in total. The van der Waals surface area contributed by atoms with Crippen molar-refractivity contribution < 1.29 is 22.7 Å². The minimum Gasteiger partial charge on any atom is -0.495 e. The van der Waals surface area contributed by atoms with Crippen molar-refractivity contribution in [3.8, 4) is 5.75 Å². The van der Waals surface area contributed by atoms with Crippen molar-refractivity contribution in [3.05, 3.63) is 47.0 Å². The number of carbonyl (C=O) groups excluding carboxylic acids is 2. The van der Waals surface area contributed by atoms with Gasteiger partial charge in [0.2, 0.25) is 21.8 Å². The summed E-state index contributed by atoms with van der Waals surface area (Å²) in [6.45, 7) is 5.81. The molecule has 0 saturated carbocycles. The fourth-order valence-electron chi connectivity index (χ4n) is 3.78. The van der Waals surface area contributed by atoms with Gasteiger partial charge >= 0.3 is 0 Å². The Kier molecular flexibility index (Phi) is 7.66. The number of anilines is 2. The molecule has 2 amide bonds. The highest BCUT2D eigenvalue weighted by molar-refractivity contribution is 7.89. The van der Waals surface area contributed by atoms with E-state index in [0.717, 1.165) is 5.56 Å². The third kappa shape index (κ3) is 5.85. The molecule has 0 fully saturated rings. The van der Waals surface area contributed by atoms with Gasteiger partial charge in [-0.1, -0.05) is 25.4 Å². The Labute approximate surface area is 199 Å². The van der Waals surface area contributed by atoms with Crippen LogP contribution in [0, 0.1) is 5.92 Å². The predicted octanol–water partition coefficient (Wildman–Crippen LogP) is 3.59. The van der Waals surface area contributed by atoms with E-state index in [1.54, 1.807) is 35.2 Å². The molecule has 0 bridgehead atoms. The molecule has 0 spiro atoms. The van der Waals surface area contributed by atoms with E-state index >= 15 is 0 Å². The van der Waals surface area contributed by atoms with E-state index in [0.29, 0.717) is 41.5 Å². The topological polar surface area (TPSA) is 105 Å². The van der Waals surface area contributed by atoms with Gasteiger partial charge < -0.3 is 15.0 Å². The summed E-state index contributed by atoms with van der Waals surface area (Å²) < 4.78 is 33.9. The average Bonchev–Trinajstić information content (AvgIpc) is 3.16. The summed E-state index contributed by atoms with van der Waals surface area (Å²) in [6, 6.07) is 8.46. The van der Waals surface area contributed by atoms with Crippen LogP contribution < -0.4 is 19.7 Å². The highest BCUT2D eigenvalue weighted by Gasteiger charge is 2.29. The molecule has 1 aliphatic rings. The molecule has 2 aromatic carbocycles. The summed E-state index contributed by atoms with van der Waals surface area (Å²) >= 11 is 6.13. The van der Waals surface area contributed by atoms with Crippen LogP contribution in [0.3, 0.4) is 0 Å². The first-order chi connectivity index (χ1) is 15.5. The van der Waals surface area contributed by atoms with Crippen molar-refractivity contribution in [1.29, 1.82) is 0 Å². The van der Waals surface area contributed by atoms with Gasteiger partial charge in [0, 0.05) is 24.8 Å².